The largest absolute Gasteiger partial charge is 0.307 e. The molecule has 0 atom stereocenters. The number of hydrogen-bond acceptors (Lipinski definition) is 5. The van der Waals surface area contributed by atoms with Crippen LogP contribution in [0, 0.1) is 28.7 Å². The number of aromatic nitrogens is 3. The van der Waals surface area contributed by atoms with Crippen molar-refractivity contribution in [1.29, 1.82) is 0 Å². The Morgan fingerprint density at radius 1 is 1.40 bits per heavy atom. The number of aryl methyl sites for hydroxylation is 1. The minimum Gasteiger partial charge on any atom is -0.289 e. The second kappa shape index (κ2) is 4.99. The van der Waals surface area contributed by atoms with Crippen LogP contribution < -0.4 is 5.32 Å². The second-order valence-corrected chi connectivity index (χ2v) is 3.74. The van der Waals surface area contributed by atoms with Gasteiger partial charge in [0.25, 0.3) is 5.91 Å². The number of aromatic amines is 1. The number of nitro benzene ring substituents is 1. The van der Waals surface area contributed by atoms with Crippen molar-refractivity contribution in [2.24, 2.45) is 0 Å². The lowest BCUT2D eigenvalue weighted by Gasteiger charge is -2.03. The fraction of sp³-hybridized carbons (Fsp3) is 0.100. The molecule has 2 aromatic rings. The molecule has 0 saturated heterocycles. The first kappa shape index (κ1) is 13.5. The molecule has 2 N–H and O–H groups in total. The lowest BCUT2D eigenvalue weighted by Crippen LogP contribution is -2.15. The molecule has 0 aliphatic carbocycles. The topological polar surface area (TPSA) is 114 Å². The van der Waals surface area contributed by atoms with E-state index < -0.39 is 33.7 Å². The summed E-state index contributed by atoms with van der Waals surface area (Å²) in [6.45, 7) is 1.58. The summed E-state index contributed by atoms with van der Waals surface area (Å²) in [4.78, 5) is 24.8. The molecule has 0 radical (unpaired) electrons. The predicted molar refractivity (Wildman–Crippen MR) is 62.1 cm³/mol. The van der Waals surface area contributed by atoms with Crippen molar-refractivity contribution in [3.8, 4) is 0 Å². The minimum absolute atomic E-state index is 0.120. The fourth-order valence-corrected chi connectivity index (χ4v) is 1.42. The van der Waals surface area contributed by atoms with Gasteiger partial charge < -0.3 is 0 Å². The molecule has 20 heavy (non-hydrogen) atoms. The molecule has 0 aliphatic rings. The summed E-state index contributed by atoms with van der Waals surface area (Å²) < 4.78 is 26.9. The number of nitrogens with zero attached hydrogens (tertiary/aromatic N) is 3. The van der Waals surface area contributed by atoms with Crippen LogP contribution in [-0.4, -0.2) is 26.0 Å². The smallest absolute Gasteiger partial charge is 0.289 e. The lowest BCUT2D eigenvalue weighted by atomic mass is 10.1. The zero-order chi connectivity index (χ0) is 14.9. The maximum Gasteiger partial charge on any atom is 0.307 e. The molecule has 2 rings (SSSR count). The first-order valence-corrected chi connectivity index (χ1v) is 5.22. The third-order valence-electron chi connectivity index (χ3n) is 2.30. The number of benzene rings is 1. The number of hydrogen-bond donors (Lipinski definition) is 2. The van der Waals surface area contributed by atoms with E-state index in [1.165, 1.54) is 0 Å². The van der Waals surface area contributed by atoms with E-state index in [1.54, 1.807) is 6.92 Å². The maximum absolute atomic E-state index is 13.6. The summed E-state index contributed by atoms with van der Waals surface area (Å²) >= 11 is 0. The molecule has 0 fully saturated rings. The van der Waals surface area contributed by atoms with Crippen molar-refractivity contribution in [3.63, 3.8) is 0 Å². The number of nitrogens with one attached hydrogen (secondary N) is 2. The normalized spacial score (nSPS) is 10.3. The molecule has 1 amide bonds. The van der Waals surface area contributed by atoms with Crippen molar-refractivity contribution in [2.45, 2.75) is 6.92 Å². The van der Waals surface area contributed by atoms with Gasteiger partial charge in [0.1, 0.15) is 11.6 Å². The summed E-state index contributed by atoms with van der Waals surface area (Å²) in [5.74, 6) is -3.26. The monoisotopic (exact) mass is 283 g/mol. The first-order chi connectivity index (χ1) is 9.38. The zero-order valence-corrected chi connectivity index (χ0v) is 9.98. The maximum atomic E-state index is 13.6. The van der Waals surface area contributed by atoms with Gasteiger partial charge >= 0.3 is 5.69 Å². The fourth-order valence-electron chi connectivity index (χ4n) is 1.42. The van der Waals surface area contributed by atoms with Gasteiger partial charge in [-0.15, -0.1) is 5.10 Å². The average Bonchev–Trinajstić information content (AvgIpc) is 2.76. The molecule has 0 spiro atoms. The van der Waals surface area contributed by atoms with Crippen LogP contribution in [0.4, 0.5) is 20.4 Å². The highest BCUT2D eigenvalue weighted by Crippen LogP contribution is 2.21. The molecule has 10 heteroatoms. The highest BCUT2D eigenvalue weighted by atomic mass is 19.1. The Labute approximate surface area is 110 Å². The lowest BCUT2D eigenvalue weighted by molar-refractivity contribution is -0.387. The van der Waals surface area contributed by atoms with Gasteiger partial charge in [-0.2, -0.15) is 9.37 Å². The molecule has 0 unspecified atom stereocenters. The summed E-state index contributed by atoms with van der Waals surface area (Å²) in [7, 11) is 0. The van der Waals surface area contributed by atoms with Crippen LogP contribution in [0.3, 0.4) is 0 Å². The van der Waals surface area contributed by atoms with Gasteiger partial charge in [-0.25, -0.2) is 4.39 Å². The third kappa shape index (κ3) is 2.58. The van der Waals surface area contributed by atoms with Crippen molar-refractivity contribution in [2.75, 3.05) is 5.32 Å². The van der Waals surface area contributed by atoms with Crippen LogP contribution in [0.5, 0.6) is 0 Å². The van der Waals surface area contributed by atoms with Crippen molar-refractivity contribution >= 4 is 17.5 Å². The number of rotatable bonds is 3. The van der Waals surface area contributed by atoms with Crippen molar-refractivity contribution < 1.29 is 18.5 Å². The quantitative estimate of drug-likeness (QED) is 0.655. The Morgan fingerprint density at radius 3 is 2.65 bits per heavy atom. The molecule has 0 saturated carbocycles. The number of nitro groups is 1. The molecule has 1 heterocycles. The summed E-state index contributed by atoms with van der Waals surface area (Å²) in [6.07, 6.45) is 0. The molecular formula is C10H7F2N5O3. The summed E-state index contributed by atoms with van der Waals surface area (Å²) in [5, 5.41) is 18.6. The van der Waals surface area contributed by atoms with E-state index in [0.29, 0.717) is 18.0 Å². The van der Waals surface area contributed by atoms with Crippen LogP contribution in [0.1, 0.15) is 16.2 Å². The molecular weight excluding hydrogens is 276 g/mol. The van der Waals surface area contributed by atoms with Gasteiger partial charge in [0.2, 0.25) is 11.8 Å². The number of halogens is 2. The Kier molecular flexibility index (Phi) is 3.37. The van der Waals surface area contributed by atoms with Crippen molar-refractivity contribution in [1.82, 2.24) is 15.2 Å². The number of carbonyl (C=O) groups excluding carboxylic acids is 1. The van der Waals surface area contributed by atoms with E-state index in [1.807, 2.05) is 0 Å². The molecule has 1 aromatic carbocycles. The van der Waals surface area contributed by atoms with Gasteiger partial charge in [0.05, 0.1) is 16.6 Å². The molecule has 104 valence electrons. The first-order valence-electron chi connectivity index (χ1n) is 5.22. The van der Waals surface area contributed by atoms with Gasteiger partial charge in [0, 0.05) is 0 Å². The van der Waals surface area contributed by atoms with Crippen LogP contribution in [-0.2, 0) is 0 Å². The van der Waals surface area contributed by atoms with E-state index in [2.05, 4.69) is 20.5 Å². The SMILES string of the molecule is Cc1nc(NC(=O)c2cc(F)c([N+](=O)[O-])cc2F)n[nH]1. The van der Waals surface area contributed by atoms with E-state index in [9.17, 15) is 23.7 Å². The molecule has 1 aromatic heterocycles. The summed E-state index contributed by atoms with van der Waals surface area (Å²) in [6, 6.07) is 0.787. The minimum atomic E-state index is -1.31. The number of carbonyl (C=O) groups is 1. The Hall–Kier alpha value is -2.91. The van der Waals surface area contributed by atoms with Gasteiger partial charge in [0.15, 0.2) is 0 Å². The van der Waals surface area contributed by atoms with Crippen LogP contribution >= 0.6 is 0 Å². The number of anilines is 1. The summed E-state index contributed by atoms with van der Waals surface area (Å²) in [5.41, 5.74) is -1.73. The van der Waals surface area contributed by atoms with Gasteiger partial charge in [-0.05, 0) is 13.0 Å². The molecule has 0 bridgehead atoms. The predicted octanol–water partition coefficient (Wildman–Crippen LogP) is 1.55. The average molecular weight is 283 g/mol. The van der Waals surface area contributed by atoms with Crippen LogP contribution in [0.2, 0.25) is 0 Å². The van der Waals surface area contributed by atoms with Gasteiger partial charge in [-0.3, -0.25) is 25.3 Å². The van der Waals surface area contributed by atoms with E-state index in [4.69, 9.17) is 0 Å². The second-order valence-electron chi connectivity index (χ2n) is 3.74. The van der Waals surface area contributed by atoms with Crippen LogP contribution in [0.15, 0.2) is 12.1 Å². The van der Waals surface area contributed by atoms with Crippen LogP contribution in [0.25, 0.3) is 0 Å². The molecule has 0 aliphatic heterocycles. The van der Waals surface area contributed by atoms with E-state index in [0.717, 1.165) is 0 Å². The Morgan fingerprint density at radius 2 is 2.10 bits per heavy atom. The van der Waals surface area contributed by atoms with E-state index in [-0.39, 0.29) is 5.95 Å². The van der Waals surface area contributed by atoms with E-state index >= 15 is 0 Å². The Bertz CT molecular complexity index is 700. The Balaban J connectivity index is 2.30. The number of H-pyrrole nitrogens is 1. The van der Waals surface area contributed by atoms with Gasteiger partial charge in [-0.1, -0.05) is 0 Å². The highest BCUT2D eigenvalue weighted by molar-refractivity contribution is 6.03. The standard InChI is InChI=1S/C10H7F2N5O3/c1-4-13-10(16-15-4)14-9(18)5-2-7(12)8(17(19)20)3-6(5)11/h2-3H,1H3,(H2,13,14,15,16,18). The third-order valence-corrected chi connectivity index (χ3v) is 2.30. The number of amides is 1. The highest BCUT2D eigenvalue weighted by Gasteiger charge is 2.22. The van der Waals surface area contributed by atoms with Crippen molar-refractivity contribution in [3.05, 3.63) is 45.3 Å². The zero-order valence-electron chi connectivity index (χ0n) is 9.98. The molecule has 8 nitrogen and oxygen atoms in total.